The van der Waals surface area contributed by atoms with E-state index in [1.165, 1.54) is 18.4 Å². The fourth-order valence-electron chi connectivity index (χ4n) is 6.25. The van der Waals surface area contributed by atoms with E-state index in [2.05, 4.69) is 47.6 Å². The number of ketones is 1. The second kappa shape index (κ2) is 7.09. The highest BCUT2D eigenvalue weighted by atomic mass is 16.3. The summed E-state index contributed by atoms with van der Waals surface area (Å²) in [6.07, 6.45) is 6.34. The molecule has 0 aromatic rings. The van der Waals surface area contributed by atoms with E-state index < -0.39 is 0 Å². The highest BCUT2D eigenvalue weighted by Crippen LogP contribution is 2.58. The van der Waals surface area contributed by atoms with Crippen molar-refractivity contribution in [2.24, 2.45) is 40.9 Å². The Morgan fingerprint density at radius 3 is 2.61 bits per heavy atom. The Morgan fingerprint density at radius 1 is 1.39 bits per heavy atom. The summed E-state index contributed by atoms with van der Waals surface area (Å²) in [5.41, 5.74) is 1.09. The summed E-state index contributed by atoms with van der Waals surface area (Å²) >= 11 is 0. The molecule has 0 aromatic heterocycles. The minimum atomic E-state index is -0.318. The van der Waals surface area contributed by atoms with Gasteiger partial charge < -0.3 is 5.11 Å². The third kappa shape index (κ3) is 3.16. The topological polar surface area (TPSA) is 37.3 Å². The summed E-state index contributed by atoms with van der Waals surface area (Å²) in [6, 6.07) is 0. The number of hydrogen-bond donors (Lipinski definition) is 1. The predicted molar refractivity (Wildman–Crippen MR) is 96.1 cm³/mol. The van der Waals surface area contributed by atoms with E-state index in [1.807, 2.05) is 0 Å². The largest absolute Gasteiger partial charge is 0.396 e. The van der Waals surface area contributed by atoms with Crippen LogP contribution in [-0.4, -0.2) is 17.5 Å². The lowest BCUT2D eigenvalue weighted by Crippen LogP contribution is -2.54. The maximum Gasteiger partial charge on any atom is 0.141 e. The lowest BCUT2D eigenvalue weighted by Gasteiger charge is -2.56. The fourth-order valence-corrected chi connectivity index (χ4v) is 6.25. The lowest BCUT2D eigenvalue weighted by atomic mass is 9.47. The molecule has 23 heavy (non-hydrogen) atoms. The fraction of sp³-hybridized carbons (Fsp3) is 0.857. The summed E-state index contributed by atoms with van der Waals surface area (Å²) in [4.78, 5) is 13.2. The van der Waals surface area contributed by atoms with Gasteiger partial charge in [-0.25, -0.2) is 0 Å². The van der Waals surface area contributed by atoms with Gasteiger partial charge in [0.05, 0.1) is 0 Å². The summed E-state index contributed by atoms with van der Waals surface area (Å²) in [5.74, 6) is 3.39. The SMILES string of the molecule is CC[C@@H](C)[C@H]1C(C)=C[C@H]2C[C@@H](C)C[C@@H](C)[C@@H]2[C@@]1(C)C(=O)CCO. The molecule has 2 aliphatic carbocycles. The van der Waals surface area contributed by atoms with Crippen molar-refractivity contribution in [2.75, 3.05) is 6.61 Å². The molecule has 0 amide bonds. The van der Waals surface area contributed by atoms with Gasteiger partial charge in [0.2, 0.25) is 0 Å². The normalized spacial score (nSPS) is 41.9. The van der Waals surface area contributed by atoms with Crippen molar-refractivity contribution in [1.29, 1.82) is 0 Å². The van der Waals surface area contributed by atoms with Gasteiger partial charge in [0.1, 0.15) is 5.78 Å². The van der Waals surface area contributed by atoms with Gasteiger partial charge in [-0.1, -0.05) is 52.7 Å². The van der Waals surface area contributed by atoms with E-state index >= 15 is 0 Å². The molecule has 7 atom stereocenters. The first-order chi connectivity index (χ1) is 10.8. The number of hydrogen-bond acceptors (Lipinski definition) is 2. The first kappa shape index (κ1) is 18.7. The van der Waals surface area contributed by atoms with Crippen LogP contribution in [0.2, 0.25) is 0 Å². The highest BCUT2D eigenvalue weighted by molar-refractivity contribution is 5.86. The van der Waals surface area contributed by atoms with Crippen LogP contribution in [0.25, 0.3) is 0 Å². The Morgan fingerprint density at radius 2 is 2.04 bits per heavy atom. The van der Waals surface area contributed by atoms with Crippen molar-refractivity contribution in [3.63, 3.8) is 0 Å². The number of fused-ring (bicyclic) bond motifs is 1. The Hall–Kier alpha value is -0.630. The van der Waals surface area contributed by atoms with Gasteiger partial charge in [-0.05, 0) is 55.3 Å². The minimum Gasteiger partial charge on any atom is -0.396 e. The molecule has 2 nitrogen and oxygen atoms in total. The monoisotopic (exact) mass is 320 g/mol. The van der Waals surface area contributed by atoms with Gasteiger partial charge in [-0.3, -0.25) is 4.79 Å². The quantitative estimate of drug-likeness (QED) is 0.734. The van der Waals surface area contributed by atoms with E-state index in [9.17, 15) is 9.90 Å². The first-order valence-electron chi connectivity index (χ1n) is 9.59. The van der Waals surface area contributed by atoms with Crippen LogP contribution in [0.3, 0.4) is 0 Å². The number of rotatable bonds is 5. The Kier molecular flexibility index (Phi) is 5.76. The zero-order valence-electron chi connectivity index (χ0n) is 15.9. The second-order valence-corrected chi connectivity index (χ2v) is 8.70. The predicted octanol–water partition coefficient (Wildman–Crippen LogP) is 4.86. The van der Waals surface area contributed by atoms with Crippen LogP contribution in [0.5, 0.6) is 0 Å². The molecule has 0 bridgehead atoms. The molecule has 2 aliphatic rings. The molecule has 1 fully saturated rings. The van der Waals surface area contributed by atoms with E-state index in [0.717, 1.165) is 12.3 Å². The van der Waals surface area contributed by atoms with Gasteiger partial charge in [-0.2, -0.15) is 0 Å². The van der Waals surface area contributed by atoms with Gasteiger partial charge in [0.15, 0.2) is 0 Å². The molecule has 0 heterocycles. The van der Waals surface area contributed by atoms with E-state index in [1.54, 1.807) is 0 Å². The molecular weight excluding hydrogens is 284 g/mol. The maximum absolute atomic E-state index is 13.2. The number of carbonyl (C=O) groups is 1. The number of Topliss-reactive ketones (excluding diaryl/α,β-unsaturated/α-hetero) is 1. The molecule has 0 unspecified atom stereocenters. The second-order valence-electron chi connectivity index (χ2n) is 8.70. The summed E-state index contributed by atoms with van der Waals surface area (Å²) in [6.45, 7) is 13.7. The Labute approximate surface area is 142 Å². The first-order valence-corrected chi connectivity index (χ1v) is 9.59. The molecule has 0 radical (unpaired) electrons. The van der Waals surface area contributed by atoms with Crippen LogP contribution >= 0.6 is 0 Å². The average Bonchev–Trinajstić information content (AvgIpc) is 2.45. The number of aliphatic hydroxyl groups is 1. The van der Waals surface area contributed by atoms with Crippen LogP contribution in [0.15, 0.2) is 11.6 Å². The number of carbonyl (C=O) groups excluding carboxylic acids is 1. The Balaban J connectivity index is 2.53. The van der Waals surface area contributed by atoms with Crippen LogP contribution < -0.4 is 0 Å². The minimum absolute atomic E-state index is 0.0212. The number of aliphatic hydroxyl groups excluding tert-OH is 1. The molecule has 0 spiro atoms. The standard InChI is InChI=1S/C21H36O2/c1-7-14(3)19-16(5)12-17-11-13(2)10-15(4)20(17)21(19,6)18(23)8-9-22/h12-15,17,19-20,22H,7-11H2,1-6H3/t13-,14+,15+,17+,19-,20-,21-/m0/s1. The van der Waals surface area contributed by atoms with Crippen LogP contribution in [0.4, 0.5) is 0 Å². The molecule has 0 aliphatic heterocycles. The number of allylic oxidation sites excluding steroid dienone is 2. The van der Waals surface area contributed by atoms with Crippen molar-refractivity contribution >= 4 is 5.78 Å². The maximum atomic E-state index is 13.2. The van der Waals surface area contributed by atoms with Crippen molar-refractivity contribution in [3.05, 3.63) is 11.6 Å². The molecule has 2 heteroatoms. The zero-order chi connectivity index (χ0) is 17.4. The van der Waals surface area contributed by atoms with Crippen molar-refractivity contribution in [2.45, 2.75) is 67.2 Å². The lowest BCUT2D eigenvalue weighted by molar-refractivity contribution is -0.143. The van der Waals surface area contributed by atoms with Crippen LogP contribution in [0.1, 0.15) is 67.2 Å². The molecular formula is C21H36O2. The molecule has 0 aromatic carbocycles. The van der Waals surface area contributed by atoms with E-state index in [-0.39, 0.29) is 17.8 Å². The molecule has 1 N–H and O–H groups in total. The van der Waals surface area contributed by atoms with Crippen molar-refractivity contribution in [1.82, 2.24) is 0 Å². The van der Waals surface area contributed by atoms with Gasteiger partial charge in [0.25, 0.3) is 0 Å². The van der Waals surface area contributed by atoms with E-state index in [0.29, 0.717) is 36.0 Å². The summed E-state index contributed by atoms with van der Waals surface area (Å²) in [7, 11) is 0. The Bertz CT molecular complexity index is 466. The van der Waals surface area contributed by atoms with E-state index in [4.69, 9.17) is 0 Å². The van der Waals surface area contributed by atoms with Gasteiger partial charge >= 0.3 is 0 Å². The molecule has 1 saturated carbocycles. The third-order valence-electron chi connectivity index (χ3n) is 6.98. The molecule has 2 rings (SSSR count). The summed E-state index contributed by atoms with van der Waals surface area (Å²) in [5, 5.41) is 9.40. The summed E-state index contributed by atoms with van der Waals surface area (Å²) < 4.78 is 0. The zero-order valence-corrected chi connectivity index (χ0v) is 15.9. The van der Waals surface area contributed by atoms with Crippen molar-refractivity contribution in [3.8, 4) is 0 Å². The van der Waals surface area contributed by atoms with Crippen LogP contribution in [0, 0.1) is 40.9 Å². The smallest absolute Gasteiger partial charge is 0.141 e. The van der Waals surface area contributed by atoms with Gasteiger partial charge in [0, 0.05) is 18.4 Å². The van der Waals surface area contributed by atoms with Gasteiger partial charge in [-0.15, -0.1) is 0 Å². The average molecular weight is 321 g/mol. The van der Waals surface area contributed by atoms with Crippen LogP contribution in [-0.2, 0) is 4.79 Å². The van der Waals surface area contributed by atoms with Crippen molar-refractivity contribution < 1.29 is 9.90 Å². The molecule has 132 valence electrons. The molecule has 0 saturated heterocycles. The highest BCUT2D eigenvalue weighted by Gasteiger charge is 2.56. The third-order valence-corrected chi connectivity index (χ3v) is 6.98.